The predicted octanol–water partition coefficient (Wildman–Crippen LogP) is 5.83. The summed E-state index contributed by atoms with van der Waals surface area (Å²) in [5.41, 5.74) is 2.82. The highest BCUT2D eigenvalue weighted by Crippen LogP contribution is 2.41. The van der Waals surface area contributed by atoms with Gasteiger partial charge in [0.05, 0.1) is 47.8 Å². The van der Waals surface area contributed by atoms with Gasteiger partial charge in [0.15, 0.2) is 5.67 Å². The third-order valence-corrected chi connectivity index (χ3v) is 14.8. The number of hydrogen-bond donors (Lipinski definition) is 5. The molecule has 17 nitrogen and oxygen atoms in total. The molecule has 4 heterocycles. The van der Waals surface area contributed by atoms with Gasteiger partial charge in [0, 0.05) is 70.4 Å². The van der Waals surface area contributed by atoms with Gasteiger partial charge in [-0.1, -0.05) is 44.5 Å². The van der Waals surface area contributed by atoms with Gasteiger partial charge in [0.2, 0.25) is 17.8 Å². The number of nitrogens with one attached hydrogen (secondary N) is 4. The maximum atomic E-state index is 14.7. The first-order valence-corrected chi connectivity index (χ1v) is 24.8. The molecule has 0 bridgehead atoms. The molecule has 4 aliphatic rings. The van der Waals surface area contributed by atoms with Crippen molar-refractivity contribution in [3.8, 4) is 21.9 Å². The van der Waals surface area contributed by atoms with Crippen molar-refractivity contribution in [3.05, 3.63) is 69.9 Å². The third-order valence-electron chi connectivity index (χ3n) is 13.5. The van der Waals surface area contributed by atoms with E-state index >= 15 is 0 Å². The molecule has 4 amide bonds. The molecule has 2 saturated carbocycles. The van der Waals surface area contributed by atoms with Crippen molar-refractivity contribution in [1.82, 2.24) is 40.3 Å². The van der Waals surface area contributed by atoms with E-state index in [4.69, 9.17) is 21.1 Å². The summed E-state index contributed by atoms with van der Waals surface area (Å²) in [6.45, 7) is 11.5. The van der Waals surface area contributed by atoms with Crippen LogP contribution in [0.25, 0.3) is 10.4 Å². The summed E-state index contributed by atoms with van der Waals surface area (Å²) in [6.07, 6.45) is 2.82. The molecule has 8 rings (SSSR count). The number of alkyl halides is 1. The Labute approximate surface area is 410 Å². The molecular formula is C49H62ClFN10O7S. The van der Waals surface area contributed by atoms with Crippen LogP contribution < -0.4 is 30.7 Å². The zero-order valence-corrected chi connectivity index (χ0v) is 41.5. The number of halogens is 2. The second kappa shape index (κ2) is 20.8. The van der Waals surface area contributed by atoms with Gasteiger partial charge in [-0.25, -0.2) is 14.4 Å². The zero-order valence-electron chi connectivity index (χ0n) is 39.9. The summed E-state index contributed by atoms with van der Waals surface area (Å²) < 4.78 is 26.8. The van der Waals surface area contributed by atoms with Crippen molar-refractivity contribution in [2.45, 2.75) is 90.2 Å². The van der Waals surface area contributed by atoms with E-state index in [-0.39, 0.29) is 38.3 Å². The van der Waals surface area contributed by atoms with Crippen LogP contribution in [0.1, 0.15) is 74.5 Å². The number of amides is 4. The highest BCUT2D eigenvalue weighted by molar-refractivity contribution is 7.13. The first kappa shape index (κ1) is 49.8. The Kier molecular flexibility index (Phi) is 15.0. The normalized spacial score (nSPS) is 21.5. The fourth-order valence-corrected chi connectivity index (χ4v) is 10.3. The Hall–Kier alpha value is -5.63. The minimum Gasteiger partial charge on any atom is -0.495 e. The van der Waals surface area contributed by atoms with Crippen molar-refractivity contribution in [1.29, 1.82) is 0 Å². The first-order chi connectivity index (χ1) is 32.9. The lowest BCUT2D eigenvalue weighted by Crippen LogP contribution is -2.59. The van der Waals surface area contributed by atoms with Gasteiger partial charge in [-0.3, -0.25) is 24.1 Å². The van der Waals surface area contributed by atoms with Gasteiger partial charge in [-0.2, -0.15) is 4.98 Å². The van der Waals surface area contributed by atoms with Gasteiger partial charge in [0.25, 0.3) is 11.8 Å². The number of likely N-dealkylation sites (tertiary alicyclic amines) is 1. The predicted molar refractivity (Wildman–Crippen MR) is 262 cm³/mol. The fourth-order valence-electron chi connectivity index (χ4n) is 9.27. The van der Waals surface area contributed by atoms with Crippen LogP contribution >= 0.6 is 22.9 Å². The number of carbonyl (C=O) groups excluding carboxylic acids is 4. The lowest BCUT2D eigenvalue weighted by molar-refractivity contribution is -0.145. The first-order valence-electron chi connectivity index (χ1n) is 23.5. The zero-order chi connectivity index (χ0) is 49.2. The number of thiazole rings is 1. The Morgan fingerprint density at radius 1 is 1.01 bits per heavy atom. The Morgan fingerprint density at radius 2 is 1.77 bits per heavy atom. The molecular weight excluding hydrogens is 927 g/mol. The monoisotopic (exact) mass is 988 g/mol. The van der Waals surface area contributed by atoms with Crippen LogP contribution in [0.5, 0.6) is 11.5 Å². The molecule has 2 aromatic carbocycles. The summed E-state index contributed by atoms with van der Waals surface area (Å²) in [5.74, 6) is 0.947. The quantitative estimate of drug-likeness (QED) is 0.0847. The van der Waals surface area contributed by atoms with Crippen LogP contribution in [-0.4, -0.2) is 142 Å². The van der Waals surface area contributed by atoms with Crippen LogP contribution in [0.15, 0.2) is 48.1 Å². The van der Waals surface area contributed by atoms with Crippen LogP contribution in [0, 0.1) is 24.2 Å². The van der Waals surface area contributed by atoms with Crippen molar-refractivity contribution in [3.63, 3.8) is 0 Å². The van der Waals surface area contributed by atoms with E-state index in [0.29, 0.717) is 71.1 Å². The molecule has 2 aliphatic heterocycles. The number of ether oxygens (including phenoxy) is 2. The van der Waals surface area contributed by atoms with E-state index < -0.39 is 47.0 Å². The molecule has 0 spiro atoms. The molecule has 2 aliphatic carbocycles. The van der Waals surface area contributed by atoms with E-state index in [9.17, 15) is 28.7 Å². The molecule has 370 valence electrons. The molecule has 0 radical (unpaired) electrons. The molecule has 5 N–H and O–H groups in total. The van der Waals surface area contributed by atoms with Crippen molar-refractivity contribution in [2.75, 3.05) is 70.7 Å². The standard InChI is InChI=1S/C49H62ClFN10O7S/c1-28-40(69-27-55-28)31-7-8-33(22-53-43(63)37-21-34(62)25-61(37)45(65)41(48(2,3)4)57-46(66)49(51)11-12-49)38(19-31)68-26-30-17-29(18-30)24-59-13-15-60(16-14-59)44(64)32-9-10-36(39(20-32)67-6)56-47-54-23-35(50)42(52-5)58-47/h7-10,19-20,23,27,29-30,34,37,41,62H,11-18,21-22,24-26H2,1-6H3,(H,53,63)(H,57,66)(H2,52,54,56,58)/t29?,30?,34-,37+,41?/m1/s1. The molecule has 4 aromatic rings. The second-order valence-electron chi connectivity index (χ2n) is 19.7. The molecule has 4 fully saturated rings. The number of nitrogens with zero attached hydrogens (tertiary/aromatic N) is 6. The Balaban J connectivity index is 0.832. The largest absolute Gasteiger partial charge is 0.495 e. The highest BCUT2D eigenvalue weighted by atomic mass is 35.5. The highest BCUT2D eigenvalue weighted by Gasteiger charge is 2.53. The number of aryl methyl sites for hydroxylation is 1. The van der Waals surface area contributed by atoms with Crippen LogP contribution in [-0.2, 0) is 20.9 Å². The van der Waals surface area contributed by atoms with E-state index in [0.717, 1.165) is 54.2 Å². The lowest BCUT2D eigenvalue weighted by atomic mass is 9.75. The van der Waals surface area contributed by atoms with Gasteiger partial charge in [-0.05, 0) is 79.7 Å². The van der Waals surface area contributed by atoms with Gasteiger partial charge in [-0.15, -0.1) is 11.3 Å². The average Bonchev–Trinajstić information content (AvgIpc) is 3.73. The Morgan fingerprint density at radius 3 is 2.43 bits per heavy atom. The SMILES string of the molecule is CNc1nc(Nc2ccc(C(=O)N3CCN(CC4CC(COc5cc(-c6scnc6C)ccc5CNC(=O)[C@@H]5C[C@@H](O)CN5C(=O)C(NC(=O)C5(F)CC5)C(C)(C)C)C4)CC3)cc2OC)ncc1Cl. The maximum Gasteiger partial charge on any atom is 0.258 e. The van der Waals surface area contributed by atoms with Crippen LogP contribution in [0.4, 0.5) is 21.8 Å². The number of methoxy groups -OCH3 is 1. The summed E-state index contributed by atoms with van der Waals surface area (Å²) >= 11 is 7.68. The summed E-state index contributed by atoms with van der Waals surface area (Å²) in [4.78, 5) is 73.8. The topological polar surface area (TPSA) is 203 Å². The minimum absolute atomic E-state index is 0.0312. The number of aromatic nitrogens is 3. The number of hydrogen-bond acceptors (Lipinski definition) is 14. The second-order valence-corrected chi connectivity index (χ2v) is 21.0. The number of anilines is 3. The maximum absolute atomic E-state index is 14.7. The summed E-state index contributed by atoms with van der Waals surface area (Å²) in [6, 6.07) is 9.11. The van der Waals surface area contributed by atoms with Gasteiger partial charge < -0.3 is 45.6 Å². The number of β-amino-alcohol motifs (C(OH)–C–C–N with tert-alkyl or cyclic N) is 1. The van der Waals surface area contributed by atoms with Gasteiger partial charge >= 0.3 is 0 Å². The van der Waals surface area contributed by atoms with Crippen LogP contribution in [0.2, 0.25) is 5.02 Å². The molecule has 1 unspecified atom stereocenters. The smallest absolute Gasteiger partial charge is 0.258 e. The van der Waals surface area contributed by atoms with E-state index in [1.807, 2.05) is 30.0 Å². The minimum atomic E-state index is -1.97. The summed E-state index contributed by atoms with van der Waals surface area (Å²) in [7, 11) is 3.27. The van der Waals surface area contributed by atoms with Gasteiger partial charge in [0.1, 0.15) is 34.4 Å². The average molecular weight is 990 g/mol. The number of benzene rings is 2. The molecule has 2 saturated heterocycles. The lowest BCUT2D eigenvalue weighted by Gasteiger charge is -2.41. The van der Waals surface area contributed by atoms with E-state index in [2.05, 4.69) is 41.1 Å². The van der Waals surface area contributed by atoms with Crippen molar-refractivity contribution < 1.29 is 38.1 Å². The molecule has 3 atom stereocenters. The fraction of sp³-hybridized carbons (Fsp3) is 0.531. The number of carbonyl (C=O) groups is 4. The number of aliphatic hydroxyl groups is 1. The number of piperazine rings is 1. The molecule has 20 heteroatoms. The molecule has 69 heavy (non-hydrogen) atoms. The van der Waals surface area contributed by atoms with Crippen LogP contribution in [0.3, 0.4) is 0 Å². The summed E-state index contributed by atoms with van der Waals surface area (Å²) in [5, 5.41) is 22.7. The van der Waals surface area contributed by atoms with Crippen molar-refractivity contribution in [2.24, 2.45) is 17.3 Å². The number of rotatable bonds is 17. The Bertz CT molecular complexity index is 2540. The van der Waals surface area contributed by atoms with E-state index in [1.165, 1.54) is 11.1 Å². The third kappa shape index (κ3) is 11.5. The number of aliphatic hydroxyl groups excluding tert-OH is 1. The molecule has 2 aromatic heterocycles. The van der Waals surface area contributed by atoms with E-state index in [1.54, 1.807) is 70.0 Å². The van der Waals surface area contributed by atoms with Crippen molar-refractivity contribution >= 4 is 64.0 Å².